The summed E-state index contributed by atoms with van der Waals surface area (Å²) in [5, 5.41) is 4.90. The summed E-state index contributed by atoms with van der Waals surface area (Å²) < 4.78 is 2.27. The highest BCUT2D eigenvalue weighted by Crippen LogP contribution is 2.26. The molecule has 0 bridgehead atoms. The predicted octanol–water partition coefficient (Wildman–Crippen LogP) is 4.63. The first kappa shape index (κ1) is 18.2. The zero-order valence-corrected chi connectivity index (χ0v) is 14.8. The number of hydrogen-bond acceptors (Lipinski definition) is 2. The molecule has 0 aromatic carbocycles. The minimum absolute atomic E-state index is 0.138. The molecule has 1 heterocycles. The van der Waals surface area contributed by atoms with Crippen LogP contribution in [0, 0.1) is 5.92 Å². The zero-order valence-electron chi connectivity index (χ0n) is 14.8. The smallest absolute Gasteiger partial charge is 0.0672 e. The fourth-order valence-electron chi connectivity index (χ4n) is 3.14. The Morgan fingerprint density at radius 3 is 2.24 bits per heavy atom. The van der Waals surface area contributed by atoms with Gasteiger partial charge in [-0.05, 0) is 31.6 Å². The second-order valence-corrected chi connectivity index (χ2v) is 6.13. The number of nitrogens with two attached hydrogens (primary N) is 1. The fraction of sp³-hybridized carbons (Fsp3) is 0.833. The number of nitrogens with zero attached hydrogens (tertiary/aromatic N) is 2. The molecule has 1 aromatic rings. The van der Waals surface area contributed by atoms with Gasteiger partial charge in [0.05, 0.1) is 5.69 Å². The molecule has 0 saturated heterocycles. The SMILES string of the molecule is CCCCC(CC)Cn1nc(CC)c(C(N)CC)c1CC. The Morgan fingerprint density at radius 2 is 1.76 bits per heavy atom. The lowest BCUT2D eigenvalue weighted by Gasteiger charge is -2.17. The van der Waals surface area contributed by atoms with Crippen LogP contribution in [0.2, 0.25) is 0 Å². The highest BCUT2D eigenvalue weighted by molar-refractivity contribution is 5.30. The molecule has 2 atom stereocenters. The van der Waals surface area contributed by atoms with Crippen molar-refractivity contribution < 1.29 is 0 Å². The molecule has 0 saturated carbocycles. The van der Waals surface area contributed by atoms with Crippen LogP contribution in [-0.2, 0) is 19.4 Å². The Morgan fingerprint density at radius 1 is 1.05 bits per heavy atom. The molecule has 0 spiro atoms. The topological polar surface area (TPSA) is 43.8 Å². The van der Waals surface area contributed by atoms with Crippen molar-refractivity contribution in [2.24, 2.45) is 11.7 Å². The molecule has 0 fully saturated rings. The molecule has 122 valence electrons. The summed E-state index contributed by atoms with van der Waals surface area (Å²) in [6.45, 7) is 12.2. The average molecular weight is 293 g/mol. The maximum atomic E-state index is 6.35. The van der Waals surface area contributed by atoms with Gasteiger partial charge in [0, 0.05) is 23.8 Å². The van der Waals surface area contributed by atoms with Gasteiger partial charge in [-0.15, -0.1) is 0 Å². The summed E-state index contributed by atoms with van der Waals surface area (Å²) in [7, 11) is 0. The maximum Gasteiger partial charge on any atom is 0.0672 e. The normalized spacial score (nSPS) is 14.4. The summed E-state index contributed by atoms with van der Waals surface area (Å²) in [5.41, 5.74) is 10.3. The van der Waals surface area contributed by atoms with E-state index in [4.69, 9.17) is 10.8 Å². The van der Waals surface area contributed by atoms with E-state index >= 15 is 0 Å². The number of rotatable bonds is 10. The van der Waals surface area contributed by atoms with Gasteiger partial charge in [-0.3, -0.25) is 4.68 Å². The van der Waals surface area contributed by atoms with Crippen LogP contribution in [0.5, 0.6) is 0 Å². The third kappa shape index (κ3) is 4.57. The molecule has 3 nitrogen and oxygen atoms in total. The molecule has 0 aliphatic heterocycles. The molecule has 1 rings (SSSR count). The number of hydrogen-bond donors (Lipinski definition) is 1. The van der Waals surface area contributed by atoms with Gasteiger partial charge in [-0.1, -0.05) is 53.9 Å². The van der Waals surface area contributed by atoms with Crippen LogP contribution in [0.1, 0.15) is 89.7 Å². The lowest BCUT2D eigenvalue weighted by Crippen LogP contribution is -2.16. The van der Waals surface area contributed by atoms with Gasteiger partial charge in [0.25, 0.3) is 0 Å². The van der Waals surface area contributed by atoms with Crippen molar-refractivity contribution in [3.63, 3.8) is 0 Å². The Kier molecular flexibility index (Phi) is 8.02. The Bertz CT molecular complexity index is 409. The van der Waals surface area contributed by atoms with Crippen molar-refractivity contribution in [2.45, 2.75) is 92.2 Å². The Hall–Kier alpha value is -0.830. The molecule has 3 heteroatoms. The van der Waals surface area contributed by atoms with Gasteiger partial charge in [-0.25, -0.2) is 0 Å². The number of aromatic nitrogens is 2. The summed E-state index contributed by atoms with van der Waals surface area (Å²) in [6, 6.07) is 0.138. The summed E-state index contributed by atoms with van der Waals surface area (Å²) in [5.74, 6) is 0.741. The van der Waals surface area contributed by atoms with Crippen molar-refractivity contribution in [3.05, 3.63) is 17.0 Å². The van der Waals surface area contributed by atoms with Crippen molar-refractivity contribution in [3.8, 4) is 0 Å². The van der Waals surface area contributed by atoms with Crippen LogP contribution in [0.15, 0.2) is 0 Å². The molecule has 0 aliphatic carbocycles. The maximum absolute atomic E-state index is 6.35. The molecular formula is C18H35N3. The van der Waals surface area contributed by atoms with E-state index in [1.807, 2.05) is 0 Å². The first-order valence-electron chi connectivity index (χ1n) is 8.96. The molecular weight excluding hydrogens is 258 g/mol. The van der Waals surface area contributed by atoms with E-state index in [1.165, 1.54) is 42.6 Å². The fourth-order valence-corrected chi connectivity index (χ4v) is 3.14. The van der Waals surface area contributed by atoms with Gasteiger partial charge >= 0.3 is 0 Å². The molecule has 0 radical (unpaired) electrons. The van der Waals surface area contributed by atoms with Crippen LogP contribution in [0.25, 0.3) is 0 Å². The van der Waals surface area contributed by atoms with Crippen molar-refractivity contribution in [1.29, 1.82) is 0 Å². The van der Waals surface area contributed by atoms with Gasteiger partial charge in [0.1, 0.15) is 0 Å². The molecule has 2 unspecified atom stereocenters. The van der Waals surface area contributed by atoms with E-state index in [2.05, 4.69) is 39.3 Å². The molecule has 21 heavy (non-hydrogen) atoms. The summed E-state index contributed by atoms with van der Waals surface area (Å²) in [4.78, 5) is 0. The quantitative estimate of drug-likeness (QED) is 0.683. The predicted molar refractivity (Wildman–Crippen MR) is 91.5 cm³/mol. The highest BCUT2D eigenvalue weighted by atomic mass is 15.3. The third-order valence-electron chi connectivity index (χ3n) is 4.63. The molecule has 0 amide bonds. The standard InChI is InChI=1S/C18H35N3/c1-6-11-12-14(7-2)13-21-17(10-5)18(15(19)8-3)16(9-4)20-21/h14-15H,6-13,19H2,1-5H3. The third-order valence-corrected chi connectivity index (χ3v) is 4.63. The summed E-state index contributed by atoms with van der Waals surface area (Å²) in [6.07, 6.45) is 8.14. The van der Waals surface area contributed by atoms with E-state index in [0.717, 1.165) is 31.7 Å². The number of aryl methyl sites for hydroxylation is 1. The molecule has 0 aliphatic rings. The van der Waals surface area contributed by atoms with E-state index in [-0.39, 0.29) is 6.04 Å². The second-order valence-electron chi connectivity index (χ2n) is 6.13. The highest BCUT2D eigenvalue weighted by Gasteiger charge is 2.21. The summed E-state index contributed by atoms with van der Waals surface area (Å²) >= 11 is 0. The molecule has 1 aromatic heterocycles. The van der Waals surface area contributed by atoms with Crippen molar-refractivity contribution >= 4 is 0 Å². The van der Waals surface area contributed by atoms with Gasteiger partial charge in [-0.2, -0.15) is 5.10 Å². The lowest BCUT2D eigenvalue weighted by atomic mass is 9.98. The Balaban J connectivity index is 3.03. The monoisotopic (exact) mass is 293 g/mol. The van der Waals surface area contributed by atoms with Crippen LogP contribution in [0.3, 0.4) is 0 Å². The second kappa shape index (κ2) is 9.24. The van der Waals surface area contributed by atoms with E-state index in [0.29, 0.717) is 0 Å². The van der Waals surface area contributed by atoms with E-state index in [1.54, 1.807) is 0 Å². The van der Waals surface area contributed by atoms with Crippen molar-refractivity contribution in [2.75, 3.05) is 0 Å². The molecule has 2 N–H and O–H groups in total. The van der Waals surface area contributed by atoms with Gasteiger partial charge < -0.3 is 5.73 Å². The first-order valence-corrected chi connectivity index (χ1v) is 8.96. The first-order chi connectivity index (χ1) is 10.1. The van der Waals surface area contributed by atoms with E-state index < -0.39 is 0 Å². The van der Waals surface area contributed by atoms with Crippen LogP contribution >= 0.6 is 0 Å². The van der Waals surface area contributed by atoms with E-state index in [9.17, 15) is 0 Å². The minimum atomic E-state index is 0.138. The lowest BCUT2D eigenvalue weighted by molar-refractivity contribution is 0.365. The van der Waals surface area contributed by atoms with Gasteiger partial charge in [0.2, 0.25) is 0 Å². The van der Waals surface area contributed by atoms with Crippen LogP contribution < -0.4 is 5.73 Å². The Labute approximate surface area is 131 Å². The average Bonchev–Trinajstić information content (AvgIpc) is 2.87. The minimum Gasteiger partial charge on any atom is -0.324 e. The van der Waals surface area contributed by atoms with Crippen LogP contribution in [-0.4, -0.2) is 9.78 Å². The zero-order chi connectivity index (χ0) is 15.8. The van der Waals surface area contributed by atoms with Crippen molar-refractivity contribution in [1.82, 2.24) is 9.78 Å². The number of unbranched alkanes of at least 4 members (excludes halogenated alkanes) is 1. The van der Waals surface area contributed by atoms with Gasteiger partial charge in [0.15, 0.2) is 0 Å². The van der Waals surface area contributed by atoms with Crippen LogP contribution in [0.4, 0.5) is 0 Å². The largest absolute Gasteiger partial charge is 0.324 e.